The highest BCUT2D eigenvalue weighted by Crippen LogP contribution is 2.32. The number of anilines is 2. The van der Waals surface area contributed by atoms with Crippen LogP contribution in [-0.4, -0.2) is 75.6 Å². The van der Waals surface area contributed by atoms with E-state index in [1.807, 2.05) is 24.3 Å². The average molecular weight is 718 g/mol. The largest absolute Gasteiger partial charge is 0.491 e. The van der Waals surface area contributed by atoms with E-state index in [4.69, 9.17) is 30.8 Å². The molecule has 0 fully saturated rings. The Labute approximate surface area is 298 Å². The number of pyridine rings is 1. The second kappa shape index (κ2) is 17.5. The van der Waals surface area contributed by atoms with Crippen LogP contribution in [0.15, 0.2) is 60.9 Å². The number of halogens is 2. The third kappa shape index (κ3) is 9.32. The zero-order valence-corrected chi connectivity index (χ0v) is 29.1. The van der Waals surface area contributed by atoms with Crippen molar-refractivity contribution in [3.8, 4) is 23.0 Å². The molecule has 5 rings (SSSR count). The first-order valence-corrected chi connectivity index (χ1v) is 16.7. The predicted octanol–water partition coefficient (Wildman–Crippen LogP) is 4.16. The molecular formula is C36H41F2N9O5. The summed E-state index contributed by atoms with van der Waals surface area (Å²) in [6.45, 7) is 3.72. The number of amides is 1. The predicted molar refractivity (Wildman–Crippen MR) is 190 cm³/mol. The molecule has 0 spiro atoms. The Morgan fingerprint density at radius 3 is 2.62 bits per heavy atom. The van der Waals surface area contributed by atoms with Gasteiger partial charge in [-0.3, -0.25) is 9.48 Å². The first kappa shape index (κ1) is 37.5. The number of rotatable bonds is 17. The van der Waals surface area contributed by atoms with Gasteiger partial charge in [0.1, 0.15) is 36.5 Å². The van der Waals surface area contributed by atoms with E-state index < -0.39 is 35.7 Å². The Morgan fingerprint density at radius 2 is 1.87 bits per heavy atom. The summed E-state index contributed by atoms with van der Waals surface area (Å²) in [5.74, 6) is -1.11. The highest BCUT2D eigenvalue weighted by Gasteiger charge is 2.22. The van der Waals surface area contributed by atoms with E-state index in [1.54, 1.807) is 23.7 Å². The quantitative estimate of drug-likeness (QED) is 0.0611. The Morgan fingerprint density at radius 1 is 1.06 bits per heavy atom. The molecule has 52 heavy (non-hydrogen) atoms. The third-order valence-electron chi connectivity index (χ3n) is 8.15. The third-order valence-corrected chi connectivity index (χ3v) is 8.15. The van der Waals surface area contributed by atoms with Crippen LogP contribution in [0.25, 0.3) is 22.4 Å². The van der Waals surface area contributed by atoms with E-state index in [0.29, 0.717) is 53.5 Å². The number of hydrogen-bond donors (Lipinski definition) is 4. The maximum atomic E-state index is 15.6. The van der Waals surface area contributed by atoms with Crippen LogP contribution in [0.2, 0.25) is 0 Å². The summed E-state index contributed by atoms with van der Waals surface area (Å²) < 4.78 is 47.3. The van der Waals surface area contributed by atoms with Gasteiger partial charge in [0.2, 0.25) is 11.9 Å². The molecule has 0 aliphatic rings. The molecule has 3 heterocycles. The Bertz CT molecular complexity index is 2000. The molecule has 0 aliphatic heterocycles. The Balaban J connectivity index is 1.24. The molecule has 6 N–H and O–H groups in total. The van der Waals surface area contributed by atoms with E-state index >= 15 is 4.39 Å². The molecule has 0 saturated carbocycles. The molecule has 14 nitrogen and oxygen atoms in total. The molecule has 0 aliphatic carbocycles. The number of benzene rings is 2. The number of nitrogens with one attached hydrogen (secondary N) is 2. The maximum Gasteiger partial charge on any atom is 0.328 e. The van der Waals surface area contributed by atoms with Crippen molar-refractivity contribution in [2.45, 2.75) is 51.7 Å². The summed E-state index contributed by atoms with van der Waals surface area (Å²) in [6, 6.07) is 11.6. The van der Waals surface area contributed by atoms with E-state index in [-0.39, 0.29) is 31.3 Å². The molecule has 5 aromatic rings. The lowest BCUT2D eigenvalue weighted by atomic mass is 10.1. The van der Waals surface area contributed by atoms with Gasteiger partial charge in [0.25, 0.3) is 0 Å². The van der Waals surface area contributed by atoms with Crippen molar-refractivity contribution >= 4 is 34.3 Å². The lowest BCUT2D eigenvalue weighted by Crippen LogP contribution is -2.47. The fraction of sp³-hybridized carbons (Fsp3) is 0.333. The molecule has 2 aromatic carbocycles. The summed E-state index contributed by atoms with van der Waals surface area (Å²) in [6.07, 6.45) is 4.75. The van der Waals surface area contributed by atoms with Gasteiger partial charge in [0, 0.05) is 35.0 Å². The number of nitrogens with two attached hydrogens (primary N) is 2. The Hall–Kier alpha value is -5.74. The number of methoxy groups -OCH3 is 1. The summed E-state index contributed by atoms with van der Waals surface area (Å²) in [4.78, 5) is 37.3. The van der Waals surface area contributed by atoms with Gasteiger partial charge in [-0.05, 0) is 57.0 Å². The van der Waals surface area contributed by atoms with Crippen LogP contribution in [0.5, 0.6) is 11.5 Å². The zero-order chi connectivity index (χ0) is 37.2. The number of hydrogen-bond acceptors (Lipinski definition) is 12. The number of carbonyl (C=O) groups excluding carboxylic acids is 2. The highest BCUT2D eigenvalue weighted by molar-refractivity contribution is 5.92. The van der Waals surface area contributed by atoms with Gasteiger partial charge < -0.3 is 36.3 Å². The number of carbonyl (C=O) groups is 2. The summed E-state index contributed by atoms with van der Waals surface area (Å²) in [7, 11) is 1.47. The summed E-state index contributed by atoms with van der Waals surface area (Å²) in [5, 5.41) is 11.1. The van der Waals surface area contributed by atoms with Crippen LogP contribution >= 0.6 is 0 Å². The number of para-hydroxylation sites is 1. The molecule has 1 amide bonds. The molecule has 0 bridgehead atoms. The standard InChI is InChI=1S/C36H41F2N9O5/c1-21-16-24(51-14-15-52-36(49)22(2)43-35(48)28(40)9-6-7-12-39)18-27(37)26(21)20-47-29-10-5-4-8-25(29)32(46-47)34-42-19-30(50-3)33(45-34)44-23-11-13-41-31(38)17-23/h4-5,8,10-11,13,16-19,22,28H,6-7,9,12,14-15,20,39-40H2,1-3H3,(H,43,48)(H,41,42,44,45)/t22-,28-/m0/s1. The van der Waals surface area contributed by atoms with Gasteiger partial charge in [-0.1, -0.05) is 24.6 Å². The van der Waals surface area contributed by atoms with Crippen LogP contribution < -0.4 is 31.6 Å². The Kier molecular flexibility index (Phi) is 12.6. The number of aromatic nitrogens is 5. The van der Waals surface area contributed by atoms with Crippen LogP contribution in [0.1, 0.15) is 37.3 Å². The number of unbranched alkanes of at least 4 members (excludes halogenated alkanes) is 1. The van der Waals surface area contributed by atoms with Crippen LogP contribution in [0.3, 0.4) is 0 Å². The molecule has 16 heteroatoms. The number of esters is 1. The smallest absolute Gasteiger partial charge is 0.328 e. The van der Waals surface area contributed by atoms with E-state index in [2.05, 4.69) is 25.6 Å². The van der Waals surface area contributed by atoms with Gasteiger partial charge in [0.15, 0.2) is 17.4 Å². The number of ether oxygens (including phenoxy) is 3. The topological polar surface area (TPSA) is 194 Å². The van der Waals surface area contributed by atoms with E-state index in [0.717, 1.165) is 17.3 Å². The monoisotopic (exact) mass is 717 g/mol. The van der Waals surface area contributed by atoms with Gasteiger partial charge in [0.05, 0.1) is 31.4 Å². The van der Waals surface area contributed by atoms with Crippen molar-refractivity contribution in [1.82, 2.24) is 30.0 Å². The zero-order valence-electron chi connectivity index (χ0n) is 29.1. The summed E-state index contributed by atoms with van der Waals surface area (Å²) in [5.41, 5.74) is 13.9. The number of aryl methyl sites for hydroxylation is 1. The fourth-order valence-corrected chi connectivity index (χ4v) is 5.38. The number of fused-ring (bicyclic) bond motifs is 1. The lowest BCUT2D eigenvalue weighted by Gasteiger charge is -2.17. The SMILES string of the molecule is COc1cnc(-c2nn(Cc3c(C)cc(OCCOC(=O)[C@H](C)NC(=O)[C@@H](N)CCCCN)cc3F)c3ccccc23)nc1Nc1ccnc(F)c1. The van der Waals surface area contributed by atoms with Gasteiger partial charge in [-0.25, -0.2) is 24.1 Å². The molecular weight excluding hydrogens is 676 g/mol. The molecule has 0 saturated heterocycles. The fourth-order valence-electron chi connectivity index (χ4n) is 5.38. The minimum atomic E-state index is -0.904. The first-order valence-electron chi connectivity index (χ1n) is 16.7. The van der Waals surface area contributed by atoms with Crippen molar-refractivity contribution < 1.29 is 32.6 Å². The van der Waals surface area contributed by atoms with Gasteiger partial charge in [-0.2, -0.15) is 9.49 Å². The maximum absolute atomic E-state index is 15.6. The average Bonchev–Trinajstić information content (AvgIpc) is 3.49. The van der Waals surface area contributed by atoms with Crippen molar-refractivity contribution in [3.63, 3.8) is 0 Å². The van der Waals surface area contributed by atoms with Gasteiger partial charge >= 0.3 is 5.97 Å². The van der Waals surface area contributed by atoms with Crippen molar-refractivity contribution in [1.29, 1.82) is 0 Å². The molecule has 0 unspecified atom stereocenters. The van der Waals surface area contributed by atoms with Crippen molar-refractivity contribution in [2.75, 3.05) is 32.2 Å². The molecule has 0 radical (unpaired) electrons. The molecule has 3 aromatic heterocycles. The van der Waals surface area contributed by atoms with Crippen LogP contribution in [0.4, 0.5) is 20.3 Å². The minimum Gasteiger partial charge on any atom is -0.491 e. The normalized spacial score (nSPS) is 12.3. The second-order valence-electron chi connectivity index (χ2n) is 12.0. The minimum absolute atomic E-state index is 0.0365. The van der Waals surface area contributed by atoms with Crippen molar-refractivity contribution in [3.05, 3.63) is 83.8 Å². The van der Waals surface area contributed by atoms with E-state index in [9.17, 15) is 14.0 Å². The first-order chi connectivity index (χ1) is 25.1. The van der Waals surface area contributed by atoms with Crippen LogP contribution in [0, 0.1) is 18.7 Å². The summed E-state index contributed by atoms with van der Waals surface area (Å²) >= 11 is 0. The van der Waals surface area contributed by atoms with E-state index in [1.165, 1.54) is 38.6 Å². The lowest BCUT2D eigenvalue weighted by molar-refractivity contribution is -0.148. The molecule has 2 atom stereocenters. The number of nitrogens with zero attached hydrogens (tertiary/aromatic N) is 5. The second-order valence-corrected chi connectivity index (χ2v) is 12.0. The highest BCUT2D eigenvalue weighted by atomic mass is 19.1. The van der Waals surface area contributed by atoms with Crippen molar-refractivity contribution in [2.24, 2.45) is 11.5 Å². The van der Waals surface area contributed by atoms with Gasteiger partial charge in [-0.15, -0.1) is 0 Å². The van der Waals surface area contributed by atoms with Crippen LogP contribution in [-0.2, 0) is 20.9 Å². The molecule has 274 valence electrons.